The highest BCUT2D eigenvalue weighted by molar-refractivity contribution is 6.37. The van der Waals surface area contributed by atoms with E-state index in [2.05, 4.69) is 32.0 Å². The van der Waals surface area contributed by atoms with Crippen LogP contribution in [0.25, 0.3) is 16.7 Å². The Hall–Kier alpha value is -2.68. The van der Waals surface area contributed by atoms with Gasteiger partial charge in [0, 0.05) is 62.2 Å². The summed E-state index contributed by atoms with van der Waals surface area (Å²) < 4.78 is 1.80. The molecule has 0 atom stereocenters. The van der Waals surface area contributed by atoms with Crippen LogP contribution in [0.4, 0.5) is 5.82 Å². The van der Waals surface area contributed by atoms with Gasteiger partial charge in [0.15, 0.2) is 11.6 Å². The fourth-order valence-electron chi connectivity index (χ4n) is 5.81. The lowest BCUT2D eigenvalue weighted by Gasteiger charge is -2.50. The second-order valence-electron chi connectivity index (χ2n) is 9.70. The fourth-order valence-corrected chi connectivity index (χ4v) is 6.08. The molecule has 1 aliphatic carbocycles. The first-order chi connectivity index (χ1) is 17.0. The van der Waals surface area contributed by atoms with Crippen molar-refractivity contribution in [2.45, 2.75) is 44.6 Å². The first-order valence-electron chi connectivity index (χ1n) is 12.6. The van der Waals surface area contributed by atoms with Crippen LogP contribution in [-0.2, 0) is 0 Å². The Morgan fingerprint density at radius 3 is 2.57 bits per heavy atom. The number of nitrogens with zero attached hydrogens (tertiary/aromatic N) is 5. The van der Waals surface area contributed by atoms with E-state index < -0.39 is 0 Å². The standard InChI is InChI=1S/C26H34ClN7O/c1-2-32-13-15-33(16-14-32)26(9-4-3-5-10-26)18-31-25(35)19-17-34(24-23(28)29-11-12-30-24)21-8-6-7-20(27)22(19)21/h6-8,11-12,17H,2-5,9-10,13-16,18H2,1H3,(H2,28,29)(H,31,35). The molecule has 1 amide bonds. The van der Waals surface area contributed by atoms with Crippen molar-refractivity contribution in [1.82, 2.24) is 29.7 Å². The summed E-state index contributed by atoms with van der Waals surface area (Å²) in [5.74, 6) is 0.654. The van der Waals surface area contributed by atoms with Crippen LogP contribution in [0.3, 0.4) is 0 Å². The maximum atomic E-state index is 13.6. The van der Waals surface area contributed by atoms with Gasteiger partial charge < -0.3 is 16.0 Å². The van der Waals surface area contributed by atoms with Gasteiger partial charge >= 0.3 is 0 Å². The third kappa shape index (κ3) is 4.62. The molecular formula is C26H34ClN7O. The maximum Gasteiger partial charge on any atom is 0.253 e. The number of nitrogens with two attached hydrogens (primary N) is 1. The zero-order chi connectivity index (χ0) is 24.4. The first-order valence-corrected chi connectivity index (χ1v) is 13.0. The van der Waals surface area contributed by atoms with Crippen molar-refractivity contribution >= 4 is 34.2 Å². The Balaban J connectivity index is 1.43. The molecule has 1 saturated heterocycles. The zero-order valence-electron chi connectivity index (χ0n) is 20.3. The number of likely N-dealkylation sites (N-methyl/N-ethyl adjacent to an activating group) is 1. The fraction of sp³-hybridized carbons (Fsp3) is 0.500. The number of hydrogen-bond donors (Lipinski definition) is 2. The summed E-state index contributed by atoms with van der Waals surface area (Å²) in [5, 5.41) is 4.52. The van der Waals surface area contributed by atoms with Gasteiger partial charge in [0.1, 0.15) is 0 Å². The lowest BCUT2D eigenvalue weighted by atomic mass is 9.79. The number of anilines is 1. The molecule has 2 aromatic heterocycles. The van der Waals surface area contributed by atoms with Crippen LogP contribution in [0.2, 0.25) is 5.02 Å². The molecule has 1 aromatic carbocycles. The number of carbonyl (C=O) groups excluding carboxylic acids is 1. The van der Waals surface area contributed by atoms with E-state index in [1.54, 1.807) is 29.2 Å². The van der Waals surface area contributed by atoms with E-state index >= 15 is 0 Å². The van der Waals surface area contributed by atoms with Crippen LogP contribution in [0.15, 0.2) is 36.8 Å². The highest BCUT2D eigenvalue weighted by Crippen LogP contribution is 2.35. The van der Waals surface area contributed by atoms with Crippen molar-refractivity contribution in [3.05, 3.63) is 47.4 Å². The van der Waals surface area contributed by atoms with E-state index in [1.807, 2.05) is 12.1 Å². The monoisotopic (exact) mass is 495 g/mol. The van der Waals surface area contributed by atoms with Gasteiger partial charge in [0.05, 0.1) is 16.1 Å². The second-order valence-corrected chi connectivity index (χ2v) is 10.1. The van der Waals surface area contributed by atoms with E-state index in [-0.39, 0.29) is 11.4 Å². The predicted octanol–water partition coefficient (Wildman–Crippen LogP) is 3.73. The summed E-state index contributed by atoms with van der Waals surface area (Å²) in [4.78, 5) is 27.3. The number of piperazine rings is 1. The topological polar surface area (TPSA) is 92.3 Å². The number of nitrogens with one attached hydrogen (secondary N) is 1. The molecule has 5 rings (SSSR count). The average molecular weight is 496 g/mol. The van der Waals surface area contributed by atoms with Crippen molar-refractivity contribution in [2.24, 2.45) is 0 Å². The number of benzene rings is 1. The lowest BCUT2D eigenvalue weighted by Crippen LogP contribution is -2.61. The molecule has 8 nitrogen and oxygen atoms in total. The minimum absolute atomic E-state index is 0.0191. The molecular weight excluding hydrogens is 462 g/mol. The molecule has 1 aliphatic heterocycles. The Morgan fingerprint density at radius 1 is 1.11 bits per heavy atom. The van der Waals surface area contributed by atoms with Gasteiger partial charge in [-0.05, 0) is 31.5 Å². The number of amides is 1. The summed E-state index contributed by atoms with van der Waals surface area (Å²) in [7, 11) is 0. The molecule has 186 valence electrons. The van der Waals surface area contributed by atoms with Crippen molar-refractivity contribution in [3.8, 4) is 5.82 Å². The zero-order valence-corrected chi connectivity index (χ0v) is 21.1. The molecule has 0 unspecified atom stereocenters. The molecule has 9 heteroatoms. The van der Waals surface area contributed by atoms with Gasteiger partial charge in [-0.15, -0.1) is 0 Å². The number of carbonyl (C=O) groups is 1. The van der Waals surface area contributed by atoms with Crippen LogP contribution in [0.1, 0.15) is 49.4 Å². The van der Waals surface area contributed by atoms with Crippen LogP contribution in [0, 0.1) is 0 Å². The summed E-state index contributed by atoms with van der Waals surface area (Å²) in [6, 6.07) is 5.59. The van der Waals surface area contributed by atoms with Gasteiger partial charge in [-0.25, -0.2) is 9.97 Å². The van der Waals surface area contributed by atoms with Crippen LogP contribution >= 0.6 is 11.6 Å². The molecule has 0 spiro atoms. The highest BCUT2D eigenvalue weighted by atomic mass is 35.5. The van der Waals surface area contributed by atoms with E-state index in [4.69, 9.17) is 17.3 Å². The average Bonchev–Trinajstić information content (AvgIpc) is 3.29. The molecule has 35 heavy (non-hydrogen) atoms. The van der Waals surface area contributed by atoms with Gasteiger partial charge in [-0.3, -0.25) is 14.3 Å². The number of hydrogen-bond acceptors (Lipinski definition) is 6. The molecule has 0 bridgehead atoms. The molecule has 1 saturated carbocycles. The number of fused-ring (bicyclic) bond motifs is 1. The van der Waals surface area contributed by atoms with Gasteiger partial charge in [-0.2, -0.15) is 0 Å². The molecule has 3 heterocycles. The molecule has 2 fully saturated rings. The SMILES string of the molecule is CCN1CCN(C2(CNC(=O)c3cn(-c4nccnc4N)c4cccc(Cl)c34)CCCCC2)CC1. The van der Waals surface area contributed by atoms with Crippen molar-refractivity contribution in [2.75, 3.05) is 45.0 Å². The lowest BCUT2D eigenvalue weighted by molar-refractivity contribution is 0.00925. The summed E-state index contributed by atoms with van der Waals surface area (Å²) in [5.41, 5.74) is 7.43. The highest BCUT2D eigenvalue weighted by Gasteiger charge is 2.39. The number of rotatable bonds is 6. The molecule has 3 N–H and O–H groups in total. The van der Waals surface area contributed by atoms with Crippen LogP contribution < -0.4 is 11.1 Å². The second kappa shape index (κ2) is 10.1. The Bertz CT molecular complexity index is 1200. The summed E-state index contributed by atoms with van der Waals surface area (Å²) in [6.07, 6.45) is 10.9. The van der Waals surface area contributed by atoms with E-state index in [1.165, 1.54) is 19.3 Å². The predicted molar refractivity (Wildman–Crippen MR) is 140 cm³/mol. The maximum absolute atomic E-state index is 13.6. The number of halogens is 1. The van der Waals surface area contributed by atoms with E-state index in [9.17, 15) is 4.79 Å². The largest absolute Gasteiger partial charge is 0.381 e. The van der Waals surface area contributed by atoms with E-state index in [0.717, 1.165) is 51.1 Å². The van der Waals surface area contributed by atoms with Crippen LogP contribution in [-0.4, -0.2) is 75.0 Å². The Morgan fingerprint density at radius 2 is 1.86 bits per heavy atom. The van der Waals surface area contributed by atoms with Crippen molar-refractivity contribution in [1.29, 1.82) is 0 Å². The first kappa shape index (κ1) is 24.0. The molecule has 0 radical (unpaired) electrons. The minimum Gasteiger partial charge on any atom is -0.381 e. The molecule has 2 aliphatic rings. The van der Waals surface area contributed by atoms with Gasteiger partial charge in [-0.1, -0.05) is 43.9 Å². The quantitative estimate of drug-likeness (QED) is 0.541. The van der Waals surface area contributed by atoms with E-state index in [0.29, 0.717) is 34.2 Å². The Kier molecular flexibility index (Phi) is 6.95. The van der Waals surface area contributed by atoms with Gasteiger partial charge in [0.2, 0.25) is 0 Å². The summed E-state index contributed by atoms with van der Waals surface area (Å²) in [6.45, 7) is 8.26. The van der Waals surface area contributed by atoms with Crippen molar-refractivity contribution in [3.63, 3.8) is 0 Å². The minimum atomic E-state index is -0.124. The third-order valence-corrected chi connectivity index (χ3v) is 8.13. The normalized spacial score (nSPS) is 19.1. The molecule has 3 aromatic rings. The number of aromatic nitrogens is 3. The number of nitrogen functional groups attached to an aromatic ring is 1. The van der Waals surface area contributed by atoms with Crippen LogP contribution in [0.5, 0.6) is 0 Å². The van der Waals surface area contributed by atoms with Gasteiger partial charge in [0.25, 0.3) is 5.91 Å². The smallest absolute Gasteiger partial charge is 0.253 e. The van der Waals surface area contributed by atoms with Crippen molar-refractivity contribution < 1.29 is 4.79 Å². The third-order valence-electron chi connectivity index (χ3n) is 7.81. The Labute approximate surface area is 211 Å². The summed E-state index contributed by atoms with van der Waals surface area (Å²) >= 11 is 6.60.